The molecule has 0 bridgehead atoms. The molecule has 2 aromatic heterocycles. The topological polar surface area (TPSA) is 90.4 Å². The minimum Gasteiger partial charge on any atom is -0.455 e. The van der Waals surface area contributed by atoms with Gasteiger partial charge in [0.05, 0.1) is 15.8 Å². The summed E-state index contributed by atoms with van der Waals surface area (Å²) in [6.45, 7) is 0. The quantitative estimate of drug-likeness (QED) is 0.434. The first kappa shape index (κ1) is 18.7. The Bertz CT molecular complexity index is 1550. The maximum Gasteiger partial charge on any atom is 0.238 e. The summed E-state index contributed by atoms with van der Waals surface area (Å²) in [7, 11) is -3.81. The fraction of sp³-hybridized carbons (Fsp3) is 0. The second kappa shape index (κ2) is 6.91. The van der Waals surface area contributed by atoms with Crippen LogP contribution in [0.1, 0.15) is 0 Å². The highest BCUT2D eigenvalue weighted by Crippen LogP contribution is 2.38. The average molecular weight is 434 g/mol. The van der Waals surface area contributed by atoms with Gasteiger partial charge in [-0.15, -0.1) is 11.3 Å². The lowest BCUT2D eigenvalue weighted by Gasteiger charge is -2.09. The van der Waals surface area contributed by atoms with Crippen molar-refractivity contribution < 1.29 is 12.8 Å². The van der Waals surface area contributed by atoms with E-state index in [1.165, 1.54) is 23.5 Å². The summed E-state index contributed by atoms with van der Waals surface area (Å²) < 4.78 is 30.4. The van der Waals surface area contributed by atoms with Crippen molar-refractivity contribution in [1.82, 2.24) is 0 Å². The first-order chi connectivity index (χ1) is 14.4. The Hall–Kier alpha value is -3.26. The molecule has 5 rings (SSSR count). The molecule has 7 heteroatoms. The number of sulfonamides is 1. The zero-order valence-corrected chi connectivity index (χ0v) is 17.2. The molecule has 30 heavy (non-hydrogen) atoms. The Morgan fingerprint density at radius 3 is 2.30 bits per heavy atom. The number of hydrogen-bond donors (Lipinski definition) is 1. The number of benzene rings is 3. The maximum absolute atomic E-state index is 13.5. The van der Waals surface area contributed by atoms with Gasteiger partial charge >= 0.3 is 0 Å². The van der Waals surface area contributed by atoms with Crippen molar-refractivity contribution in [3.8, 4) is 21.8 Å². The van der Waals surface area contributed by atoms with Crippen molar-refractivity contribution in [1.29, 1.82) is 0 Å². The molecule has 0 atom stereocenters. The minimum atomic E-state index is -3.81. The van der Waals surface area contributed by atoms with Crippen LogP contribution in [0.5, 0.6) is 0 Å². The van der Waals surface area contributed by atoms with Gasteiger partial charge in [-0.05, 0) is 53.9 Å². The van der Waals surface area contributed by atoms with Crippen LogP contribution < -0.4 is 10.6 Å². The maximum atomic E-state index is 13.5. The lowest BCUT2D eigenvalue weighted by atomic mass is 10.0. The molecule has 0 unspecified atom stereocenters. The number of hydrogen-bond acceptors (Lipinski definition) is 5. The van der Waals surface area contributed by atoms with Gasteiger partial charge in [0.1, 0.15) is 11.3 Å². The van der Waals surface area contributed by atoms with Crippen LogP contribution in [-0.4, -0.2) is 8.42 Å². The minimum absolute atomic E-state index is 0.00204. The third kappa shape index (κ3) is 3.13. The molecule has 5 nitrogen and oxygen atoms in total. The number of fused-ring (bicyclic) bond motifs is 2. The van der Waals surface area contributed by atoms with Crippen LogP contribution in [0.3, 0.4) is 0 Å². The molecule has 2 N–H and O–H groups in total. The van der Waals surface area contributed by atoms with E-state index < -0.39 is 10.0 Å². The second-order valence-electron chi connectivity index (χ2n) is 6.85. The highest BCUT2D eigenvalue weighted by atomic mass is 32.2. The van der Waals surface area contributed by atoms with Crippen LogP contribution in [0.15, 0.2) is 93.0 Å². The SMILES string of the molecule is NS(=O)(=O)c1ccc(-c2oc3ccccc3c(=O)c2-c2cc3ccccc3s2)cc1. The summed E-state index contributed by atoms with van der Waals surface area (Å²) in [5, 5.41) is 6.75. The van der Waals surface area contributed by atoms with E-state index in [1.807, 2.05) is 30.3 Å². The summed E-state index contributed by atoms with van der Waals surface area (Å²) >= 11 is 1.51. The average Bonchev–Trinajstić information content (AvgIpc) is 3.17. The fourth-order valence-corrected chi connectivity index (χ4v) is 5.09. The van der Waals surface area contributed by atoms with E-state index in [1.54, 1.807) is 36.4 Å². The molecule has 3 aromatic carbocycles. The van der Waals surface area contributed by atoms with Crippen molar-refractivity contribution in [3.05, 3.63) is 89.1 Å². The molecule has 0 saturated heterocycles. The molecule has 0 fully saturated rings. The lowest BCUT2D eigenvalue weighted by molar-refractivity contribution is 0.597. The predicted octanol–water partition coefficient (Wildman–Crippen LogP) is 4.99. The van der Waals surface area contributed by atoms with E-state index in [4.69, 9.17) is 9.56 Å². The molecule has 148 valence electrons. The normalized spacial score (nSPS) is 11.9. The Balaban J connectivity index is 1.82. The zero-order valence-electron chi connectivity index (χ0n) is 15.5. The number of thiophene rings is 1. The van der Waals surface area contributed by atoms with Crippen molar-refractivity contribution >= 4 is 42.4 Å². The van der Waals surface area contributed by atoms with Crippen LogP contribution in [0.4, 0.5) is 0 Å². The van der Waals surface area contributed by atoms with Gasteiger partial charge in [-0.2, -0.15) is 0 Å². The van der Waals surface area contributed by atoms with Crippen molar-refractivity contribution in [2.45, 2.75) is 4.90 Å². The van der Waals surface area contributed by atoms with E-state index >= 15 is 0 Å². The lowest BCUT2D eigenvalue weighted by Crippen LogP contribution is -2.11. The third-order valence-corrected chi connectivity index (χ3v) is 6.98. The summed E-state index contributed by atoms with van der Waals surface area (Å²) in [6, 6.07) is 23.0. The molecule has 0 aliphatic rings. The molecule has 0 saturated carbocycles. The molecule has 0 spiro atoms. The Kier molecular flexibility index (Phi) is 4.32. The number of nitrogens with two attached hydrogens (primary N) is 1. The van der Waals surface area contributed by atoms with Crippen LogP contribution in [0.25, 0.3) is 42.8 Å². The molecule has 0 radical (unpaired) electrons. The van der Waals surface area contributed by atoms with Crippen LogP contribution in [0, 0.1) is 0 Å². The zero-order chi connectivity index (χ0) is 20.9. The van der Waals surface area contributed by atoms with Gasteiger partial charge in [-0.3, -0.25) is 4.79 Å². The summed E-state index contributed by atoms with van der Waals surface area (Å²) in [6.07, 6.45) is 0. The van der Waals surface area contributed by atoms with Crippen molar-refractivity contribution in [2.75, 3.05) is 0 Å². The van der Waals surface area contributed by atoms with E-state index in [-0.39, 0.29) is 10.3 Å². The van der Waals surface area contributed by atoms with Crippen LogP contribution in [0.2, 0.25) is 0 Å². The van der Waals surface area contributed by atoms with E-state index in [0.717, 1.165) is 15.0 Å². The van der Waals surface area contributed by atoms with Gasteiger partial charge < -0.3 is 4.42 Å². The van der Waals surface area contributed by atoms with E-state index in [9.17, 15) is 13.2 Å². The fourth-order valence-electron chi connectivity index (χ4n) is 3.47. The number of para-hydroxylation sites is 1. The van der Waals surface area contributed by atoms with E-state index in [2.05, 4.69) is 0 Å². The number of rotatable bonds is 3. The Morgan fingerprint density at radius 2 is 1.57 bits per heavy atom. The molecule has 0 aliphatic carbocycles. The van der Waals surface area contributed by atoms with Crippen molar-refractivity contribution in [3.63, 3.8) is 0 Å². The molecular formula is C23H15NO4S2. The smallest absolute Gasteiger partial charge is 0.238 e. The van der Waals surface area contributed by atoms with Gasteiger partial charge in [0.2, 0.25) is 15.5 Å². The Labute approximate surface area is 176 Å². The molecular weight excluding hydrogens is 418 g/mol. The molecule has 2 heterocycles. The molecule has 0 amide bonds. The first-order valence-electron chi connectivity index (χ1n) is 9.10. The highest BCUT2D eigenvalue weighted by molar-refractivity contribution is 7.89. The van der Waals surface area contributed by atoms with Crippen LogP contribution in [-0.2, 0) is 10.0 Å². The van der Waals surface area contributed by atoms with Gasteiger partial charge in [-0.25, -0.2) is 13.6 Å². The van der Waals surface area contributed by atoms with Crippen molar-refractivity contribution in [2.24, 2.45) is 5.14 Å². The van der Waals surface area contributed by atoms with Gasteiger partial charge in [0.15, 0.2) is 0 Å². The number of primary sulfonamides is 1. The van der Waals surface area contributed by atoms with Gasteiger partial charge in [0.25, 0.3) is 0 Å². The summed E-state index contributed by atoms with van der Waals surface area (Å²) in [4.78, 5) is 14.2. The van der Waals surface area contributed by atoms with Gasteiger partial charge in [0, 0.05) is 15.1 Å². The third-order valence-electron chi connectivity index (χ3n) is 4.91. The second-order valence-corrected chi connectivity index (χ2v) is 9.49. The van der Waals surface area contributed by atoms with Gasteiger partial charge in [-0.1, -0.05) is 30.3 Å². The molecule has 5 aromatic rings. The largest absolute Gasteiger partial charge is 0.455 e. The highest BCUT2D eigenvalue weighted by Gasteiger charge is 2.20. The molecule has 0 aliphatic heterocycles. The van der Waals surface area contributed by atoms with E-state index in [0.29, 0.717) is 27.9 Å². The summed E-state index contributed by atoms with van der Waals surface area (Å²) in [5.41, 5.74) is 1.39. The summed E-state index contributed by atoms with van der Waals surface area (Å²) in [5.74, 6) is 0.395. The first-order valence-corrected chi connectivity index (χ1v) is 11.5. The monoisotopic (exact) mass is 433 g/mol. The van der Waals surface area contributed by atoms with Crippen LogP contribution >= 0.6 is 11.3 Å². The predicted molar refractivity (Wildman–Crippen MR) is 120 cm³/mol. The standard InChI is InChI=1S/C23H15NO4S2/c24-30(26,27)16-11-9-14(10-12-16)23-21(20-13-15-5-1-4-8-19(15)29-20)22(25)17-6-2-3-7-18(17)28-23/h1-13H,(H2,24,26,27). The Morgan fingerprint density at radius 1 is 0.867 bits per heavy atom.